The highest BCUT2D eigenvalue weighted by molar-refractivity contribution is 7.80. The van der Waals surface area contributed by atoms with Crippen LogP contribution >= 0.6 is 23.8 Å². The van der Waals surface area contributed by atoms with E-state index < -0.39 is 5.82 Å². The van der Waals surface area contributed by atoms with E-state index in [0.717, 1.165) is 16.8 Å². The lowest BCUT2D eigenvalue weighted by molar-refractivity contribution is 0.628. The molecule has 2 rings (SSSR count). The van der Waals surface area contributed by atoms with Crippen molar-refractivity contribution in [2.75, 3.05) is 10.7 Å². The fourth-order valence-electron chi connectivity index (χ4n) is 1.73. The van der Waals surface area contributed by atoms with E-state index in [9.17, 15) is 4.39 Å². The number of nitrogens with one attached hydrogen (secondary N) is 3. The normalized spacial score (nSPS) is 10.1. The Morgan fingerprint density at radius 3 is 2.62 bits per heavy atom. The van der Waals surface area contributed by atoms with Gasteiger partial charge in [0, 0.05) is 5.69 Å². The van der Waals surface area contributed by atoms with Gasteiger partial charge in [-0.2, -0.15) is 0 Å². The molecule has 3 N–H and O–H groups in total. The minimum Gasteiger partial charge on any atom is -0.331 e. The molecule has 110 valence electrons. The van der Waals surface area contributed by atoms with E-state index in [1.165, 1.54) is 12.1 Å². The van der Waals surface area contributed by atoms with Gasteiger partial charge in [-0.15, -0.1) is 0 Å². The zero-order valence-electron chi connectivity index (χ0n) is 11.6. The smallest absolute Gasteiger partial charge is 0.189 e. The second-order valence-electron chi connectivity index (χ2n) is 4.65. The lowest BCUT2D eigenvalue weighted by atomic mass is 10.1. The van der Waals surface area contributed by atoms with Gasteiger partial charge in [-0.1, -0.05) is 23.7 Å². The molecule has 0 fully saturated rings. The molecule has 21 heavy (non-hydrogen) atoms. The summed E-state index contributed by atoms with van der Waals surface area (Å²) in [6.07, 6.45) is 0. The van der Waals surface area contributed by atoms with E-state index in [1.807, 2.05) is 32.0 Å². The number of rotatable bonds is 3. The summed E-state index contributed by atoms with van der Waals surface area (Å²) >= 11 is 10.9. The Hall–Kier alpha value is -1.85. The van der Waals surface area contributed by atoms with E-state index in [1.54, 1.807) is 6.07 Å². The summed E-state index contributed by atoms with van der Waals surface area (Å²) in [7, 11) is 0. The lowest BCUT2D eigenvalue weighted by Gasteiger charge is -2.14. The molecule has 0 radical (unpaired) electrons. The first-order valence-electron chi connectivity index (χ1n) is 6.31. The van der Waals surface area contributed by atoms with Crippen LogP contribution in [0.3, 0.4) is 0 Å². The molecule has 0 aliphatic heterocycles. The second kappa shape index (κ2) is 6.74. The van der Waals surface area contributed by atoms with Gasteiger partial charge in [0.05, 0.1) is 10.7 Å². The molecule has 0 aliphatic rings. The number of hydrogen-bond donors (Lipinski definition) is 3. The van der Waals surface area contributed by atoms with Crippen molar-refractivity contribution in [3.05, 3.63) is 58.4 Å². The first-order chi connectivity index (χ1) is 9.95. The van der Waals surface area contributed by atoms with Crippen LogP contribution in [0.1, 0.15) is 11.1 Å². The second-order valence-corrected chi connectivity index (χ2v) is 5.47. The van der Waals surface area contributed by atoms with Crippen molar-refractivity contribution in [2.45, 2.75) is 13.8 Å². The highest BCUT2D eigenvalue weighted by Crippen LogP contribution is 2.19. The van der Waals surface area contributed by atoms with Crippen LogP contribution in [0.2, 0.25) is 5.02 Å². The Morgan fingerprint density at radius 2 is 1.90 bits per heavy atom. The molecular weight excluding hydrogens is 309 g/mol. The van der Waals surface area contributed by atoms with Crippen LogP contribution in [0.5, 0.6) is 0 Å². The summed E-state index contributed by atoms with van der Waals surface area (Å²) in [5, 5.41) is 3.33. The fraction of sp³-hybridized carbons (Fsp3) is 0.133. The molecule has 0 atom stereocenters. The predicted octanol–water partition coefficient (Wildman–Crippen LogP) is 4.41. The van der Waals surface area contributed by atoms with Crippen LogP contribution < -0.4 is 16.2 Å². The molecule has 0 aromatic heterocycles. The van der Waals surface area contributed by atoms with Crippen LogP contribution in [-0.2, 0) is 0 Å². The van der Waals surface area contributed by atoms with Crippen LogP contribution in [0.4, 0.5) is 15.8 Å². The highest BCUT2D eigenvalue weighted by atomic mass is 35.5. The van der Waals surface area contributed by atoms with Gasteiger partial charge in [0.2, 0.25) is 0 Å². The molecule has 2 aromatic carbocycles. The molecule has 0 saturated carbocycles. The third-order valence-corrected chi connectivity index (χ3v) is 3.38. The van der Waals surface area contributed by atoms with Crippen molar-refractivity contribution in [1.82, 2.24) is 5.43 Å². The highest BCUT2D eigenvalue weighted by Gasteiger charge is 2.03. The maximum absolute atomic E-state index is 13.1. The SMILES string of the molecule is Cc1ccc(C)c(NNC(=S)Nc2ccc(F)c(Cl)c2)c1. The van der Waals surface area contributed by atoms with Gasteiger partial charge in [-0.3, -0.25) is 10.9 Å². The predicted molar refractivity (Wildman–Crippen MR) is 90.3 cm³/mol. The summed E-state index contributed by atoms with van der Waals surface area (Å²) < 4.78 is 13.1. The van der Waals surface area contributed by atoms with Crippen molar-refractivity contribution in [3.8, 4) is 0 Å². The van der Waals surface area contributed by atoms with E-state index >= 15 is 0 Å². The number of hydrogen-bond acceptors (Lipinski definition) is 2. The minimum atomic E-state index is -0.463. The Bertz CT molecular complexity index is 676. The summed E-state index contributed by atoms with van der Waals surface area (Å²) in [4.78, 5) is 0. The zero-order chi connectivity index (χ0) is 15.4. The van der Waals surface area contributed by atoms with Gasteiger partial charge in [-0.25, -0.2) is 4.39 Å². The first-order valence-corrected chi connectivity index (χ1v) is 7.09. The standard InChI is InChI=1S/C15H15ClFN3S/c1-9-3-4-10(2)14(7-9)19-20-15(21)18-11-5-6-13(17)12(16)8-11/h3-8,19H,1-2H3,(H2,18,20,21). The molecular formula is C15H15ClFN3S. The van der Waals surface area contributed by atoms with Crippen molar-refractivity contribution in [1.29, 1.82) is 0 Å². The Kier molecular flexibility index (Phi) is 4.98. The van der Waals surface area contributed by atoms with Crippen LogP contribution in [0.25, 0.3) is 0 Å². The van der Waals surface area contributed by atoms with E-state index in [0.29, 0.717) is 10.8 Å². The minimum absolute atomic E-state index is 0.0466. The Balaban J connectivity index is 1.95. The summed E-state index contributed by atoms with van der Waals surface area (Å²) in [6.45, 7) is 4.02. The lowest BCUT2D eigenvalue weighted by Crippen LogP contribution is -2.33. The molecule has 2 aromatic rings. The van der Waals surface area contributed by atoms with Crippen molar-refractivity contribution in [2.24, 2.45) is 0 Å². The molecule has 0 bridgehead atoms. The molecule has 6 heteroatoms. The Morgan fingerprint density at radius 1 is 1.14 bits per heavy atom. The monoisotopic (exact) mass is 323 g/mol. The summed E-state index contributed by atoms with van der Waals surface area (Å²) in [5.74, 6) is -0.463. The van der Waals surface area contributed by atoms with Crippen LogP contribution in [-0.4, -0.2) is 5.11 Å². The number of anilines is 2. The average Bonchev–Trinajstić information content (AvgIpc) is 2.44. The van der Waals surface area contributed by atoms with Gasteiger partial charge in [0.1, 0.15) is 5.82 Å². The van der Waals surface area contributed by atoms with Gasteiger partial charge < -0.3 is 5.32 Å². The van der Waals surface area contributed by atoms with Gasteiger partial charge in [0.15, 0.2) is 5.11 Å². The van der Waals surface area contributed by atoms with Crippen molar-refractivity contribution >= 4 is 40.3 Å². The maximum atomic E-state index is 13.1. The topological polar surface area (TPSA) is 36.1 Å². The molecule has 0 unspecified atom stereocenters. The molecule has 0 amide bonds. The maximum Gasteiger partial charge on any atom is 0.189 e. The number of thiocarbonyl (C=S) groups is 1. The van der Waals surface area contributed by atoms with Gasteiger partial charge >= 0.3 is 0 Å². The van der Waals surface area contributed by atoms with Crippen LogP contribution in [0.15, 0.2) is 36.4 Å². The first kappa shape index (κ1) is 15.5. The number of aryl methyl sites for hydroxylation is 2. The summed E-state index contributed by atoms with van der Waals surface area (Å²) in [6, 6.07) is 10.4. The molecule has 0 saturated heterocycles. The van der Waals surface area contributed by atoms with Gasteiger partial charge in [-0.05, 0) is 61.5 Å². The third-order valence-electron chi connectivity index (χ3n) is 2.88. The third kappa shape index (κ3) is 4.31. The van der Waals surface area contributed by atoms with Gasteiger partial charge in [0.25, 0.3) is 0 Å². The average molecular weight is 324 g/mol. The largest absolute Gasteiger partial charge is 0.331 e. The number of benzene rings is 2. The molecule has 0 spiro atoms. The fourth-order valence-corrected chi connectivity index (χ4v) is 2.08. The van der Waals surface area contributed by atoms with Crippen LogP contribution in [0, 0.1) is 19.7 Å². The molecule has 0 heterocycles. The van der Waals surface area contributed by atoms with E-state index in [4.69, 9.17) is 23.8 Å². The number of halogens is 2. The molecule has 3 nitrogen and oxygen atoms in total. The zero-order valence-corrected chi connectivity index (χ0v) is 13.2. The van der Waals surface area contributed by atoms with E-state index in [-0.39, 0.29) is 5.02 Å². The summed E-state index contributed by atoms with van der Waals surface area (Å²) in [5.41, 5.74) is 9.72. The van der Waals surface area contributed by atoms with E-state index in [2.05, 4.69) is 16.2 Å². The quantitative estimate of drug-likeness (QED) is 0.577. The Labute approximate surface area is 133 Å². The van der Waals surface area contributed by atoms with Crippen molar-refractivity contribution in [3.63, 3.8) is 0 Å². The number of hydrazine groups is 1. The van der Waals surface area contributed by atoms with Crippen molar-refractivity contribution < 1.29 is 4.39 Å². The molecule has 0 aliphatic carbocycles.